The van der Waals surface area contributed by atoms with Gasteiger partial charge in [-0.25, -0.2) is 0 Å². The van der Waals surface area contributed by atoms with E-state index in [1.807, 2.05) is 0 Å². The smallest absolute Gasteiger partial charge is 0.330 e. The van der Waals surface area contributed by atoms with Gasteiger partial charge in [-0.2, -0.15) is 5.26 Å². The molecule has 5 nitrogen and oxygen atoms in total. The molecular weight excluding hydrogens is 172 g/mol. The zero-order valence-corrected chi connectivity index (χ0v) is 6.54. The zero-order valence-electron chi connectivity index (χ0n) is 6.54. The van der Waals surface area contributed by atoms with Gasteiger partial charge in [0.2, 0.25) is 5.92 Å². The summed E-state index contributed by atoms with van der Waals surface area (Å²) in [4.78, 5) is 21.6. The van der Waals surface area contributed by atoms with Gasteiger partial charge in [-0.15, -0.1) is 0 Å². The molecule has 0 bridgehead atoms. The fourth-order valence-electron chi connectivity index (χ4n) is 0.847. The molecule has 0 amide bonds. The molecule has 0 aromatic carbocycles. The van der Waals surface area contributed by atoms with E-state index in [2.05, 4.69) is 0 Å². The normalized spacial score (nSPS) is 11.6. The Labute approximate surface area is 73.8 Å². The molecule has 1 unspecified atom stereocenters. The Morgan fingerprint density at radius 2 is 1.92 bits per heavy atom. The number of nitriles is 1. The van der Waals surface area contributed by atoms with E-state index in [1.165, 1.54) is 18.5 Å². The average molecular weight is 178 g/mol. The van der Waals surface area contributed by atoms with E-state index in [1.54, 1.807) is 12.1 Å². The molecule has 0 saturated carbocycles. The molecule has 66 valence electrons. The third kappa shape index (κ3) is 1.73. The average Bonchev–Trinajstić information content (AvgIpc) is 2.56. The third-order valence-corrected chi connectivity index (χ3v) is 1.48. The number of carbonyl (C=O) groups is 2. The highest BCUT2D eigenvalue weighted by molar-refractivity contribution is 6.00. The van der Waals surface area contributed by atoms with E-state index in [0.717, 1.165) is 4.57 Å². The Balaban J connectivity index is 2.91. The van der Waals surface area contributed by atoms with Crippen molar-refractivity contribution >= 4 is 11.9 Å². The molecular formula is C8H6N2O3. The van der Waals surface area contributed by atoms with E-state index in [4.69, 9.17) is 10.4 Å². The first kappa shape index (κ1) is 9.00. The molecule has 0 saturated heterocycles. The summed E-state index contributed by atoms with van der Waals surface area (Å²) in [5.41, 5.74) is 0. The number of aliphatic carboxylic acids is 1. The van der Waals surface area contributed by atoms with Gasteiger partial charge in [0.05, 0.1) is 6.07 Å². The Morgan fingerprint density at radius 3 is 2.31 bits per heavy atom. The minimum absolute atomic E-state index is 0.750. The molecule has 1 atom stereocenters. The lowest BCUT2D eigenvalue weighted by atomic mass is 10.1. The highest BCUT2D eigenvalue weighted by atomic mass is 16.4. The third-order valence-electron chi connectivity index (χ3n) is 1.48. The second kappa shape index (κ2) is 3.54. The molecule has 1 rings (SSSR count). The molecule has 13 heavy (non-hydrogen) atoms. The van der Waals surface area contributed by atoms with Crippen LogP contribution >= 0.6 is 0 Å². The minimum atomic E-state index is -1.63. The van der Waals surface area contributed by atoms with Crippen molar-refractivity contribution in [3.05, 3.63) is 24.5 Å². The number of nitrogens with zero attached hydrogens (tertiary/aromatic N) is 2. The first-order chi connectivity index (χ1) is 6.16. The van der Waals surface area contributed by atoms with Crippen LogP contribution in [0.3, 0.4) is 0 Å². The van der Waals surface area contributed by atoms with E-state index in [9.17, 15) is 9.59 Å². The van der Waals surface area contributed by atoms with Crippen LogP contribution in [-0.4, -0.2) is 21.6 Å². The highest BCUT2D eigenvalue weighted by Crippen LogP contribution is 2.01. The quantitative estimate of drug-likeness (QED) is 0.662. The SMILES string of the molecule is N#CC(C(=O)O)C(=O)n1cccc1. The van der Waals surface area contributed by atoms with Crippen molar-refractivity contribution in [1.82, 2.24) is 4.57 Å². The molecule has 0 radical (unpaired) electrons. The van der Waals surface area contributed by atoms with Crippen molar-refractivity contribution in [2.45, 2.75) is 0 Å². The predicted octanol–water partition coefficient (Wildman–Crippen LogP) is 0.353. The summed E-state index contributed by atoms with van der Waals surface area (Å²) in [6, 6.07) is 4.57. The molecule has 1 aromatic rings. The maximum Gasteiger partial charge on any atom is 0.330 e. The number of carboxylic acids is 1. The first-order valence-electron chi connectivity index (χ1n) is 3.46. The van der Waals surface area contributed by atoms with E-state index in [-0.39, 0.29) is 0 Å². The number of rotatable bonds is 2. The Bertz CT molecular complexity index is 361. The monoisotopic (exact) mass is 178 g/mol. The van der Waals surface area contributed by atoms with Crippen LogP contribution in [0.5, 0.6) is 0 Å². The molecule has 1 heterocycles. The second-order valence-corrected chi connectivity index (χ2v) is 2.33. The topological polar surface area (TPSA) is 83.1 Å². The van der Waals surface area contributed by atoms with Gasteiger partial charge >= 0.3 is 5.97 Å². The minimum Gasteiger partial charge on any atom is -0.480 e. The van der Waals surface area contributed by atoms with Crippen LogP contribution in [0.15, 0.2) is 24.5 Å². The molecule has 0 aliphatic rings. The molecule has 0 spiro atoms. The number of carbonyl (C=O) groups excluding carboxylic acids is 1. The Hall–Kier alpha value is -2.09. The summed E-state index contributed by atoms with van der Waals surface area (Å²) in [5, 5.41) is 16.9. The number of hydrogen-bond donors (Lipinski definition) is 1. The van der Waals surface area contributed by atoms with Crippen LogP contribution in [0, 0.1) is 17.2 Å². The molecule has 0 aliphatic carbocycles. The Morgan fingerprint density at radius 1 is 1.38 bits per heavy atom. The zero-order chi connectivity index (χ0) is 9.84. The molecule has 0 fully saturated rings. The van der Waals surface area contributed by atoms with E-state index >= 15 is 0 Å². The second-order valence-electron chi connectivity index (χ2n) is 2.33. The van der Waals surface area contributed by atoms with Gasteiger partial charge in [0.25, 0.3) is 5.91 Å². The van der Waals surface area contributed by atoms with Crippen LogP contribution in [0.1, 0.15) is 4.79 Å². The summed E-state index contributed by atoms with van der Waals surface area (Å²) >= 11 is 0. The van der Waals surface area contributed by atoms with Crippen LogP contribution in [-0.2, 0) is 4.79 Å². The van der Waals surface area contributed by atoms with Crippen molar-refractivity contribution in [2.75, 3.05) is 0 Å². The van der Waals surface area contributed by atoms with Crippen molar-refractivity contribution in [3.8, 4) is 6.07 Å². The lowest BCUT2D eigenvalue weighted by molar-refractivity contribution is -0.138. The van der Waals surface area contributed by atoms with Gasteiger partial charge in [-0.3, -0.25) is 14.2 Å². The fraction of sp³-hybridized carbons (Fsp3) is 0.125. The van der Waals surface area contributed by atoms with Gasteiger partial charge in [-0.05, 0) is 12.1 Å². The molecule has 1 N–H and O–H groups in total. The van der Waals surface area contributed by atoms with Crippen molar-refractivity contribution in [1.29, 1.82) is 5.26 Å². The number of aromatic nitrogens is 1. The van der Waals surface area contributed by atoms with E-state index in [0.29, 0.717) is 0 Å². The molecule has 0 aliphatic heterocycles. The van der Waals surface area contributed by atoms with Gasteiger partial charge < -0.3 is 5.11 Å². The lowest BCUT2D eigenvalue weighted by Gasteiger charge is -2.02. The predicted molar refractivity (Wildman–Crippen MR) is 41.8 cm³/mol. The van der Waals surface area contributed by atoms with Crippen molar-refractivity contribution < 1.29 is 14.7 Å². The number of carboxylic acid groups (broad SMARTS) is 1. The number of hydrogen-bond acceptors (Lipinski definition) is 3. The van der Waals surface area contributed by atoms with Gasteiger partial charge in [0.1, 0.15) is 0 Å². The van der Waals surface area contributed by atoms with Crippen molar-refractivity contribution in [2.24, 2.45) is 5.92 Å². The summed E-state index contributed by atoms with van der Waals surface area (Å²) in [6.07, 6.45) is 2.80. The van der Waals surface area contributed by atoms with Crippen LogP contribution in [0.4, 0.5) is 0 Å². The van der Waals surface area contributed by atoms with Gasteiger partial charge in [-0.1, -0.05) is 0 Å². The molecule has 5 heteroatoms. The van der Waals surface area contributed by atoms with Gasteiger partial charge in [0, 0.05) is 12.4 Å². The van der Waals surface area contributed by atoms with Crippen LogP contribution < -0.4 is 0 Å². The fourth-order valence-corrected chi connectivity index (χ4v) is 0.847. The largest absolute Gasteiger partial charge is 0.480 e. The summed E-state index contributed by atoms with van der Waals surface area (Å²) in [6.45, 7) is 0. The summed E-state index contributed by atoms with van der Waals surface area (Å²) in [5.74, 6) is -3.81. The Kier molecular flexibility index (Phi) is 2.45. The van der Waals surface area contributed by atoms with E-state index < -0.39 is 17.8 Å². The maximum atomic E-state index is 11.2. The summed E-state index contributed by atoms with van der Waals surface area (Å²) in [7, 11) is 0. The summed E-state index contributed by atoms with van der Waals surface area (Å²) < 4.78 is 1.07. The maximum absolute atomic E-state index is 11.2. The molecule has 1 aromatic heterocycles. The van der Waals surface area contributed by atoms with Crippen LogP contribution in [0.25, 0.3) is 0 Å². The van der Waals surface area contributed by atoms with Gasteiger partial charge in [0.15, 0.2) is 0 Å². The standard InChI is InChI=1S/C8H6N2O3/c9-5-6(8(12)13)7(11)10-3-1-2-4-10/h1-4,6H,(H,12,13). The first-order valence-corrected chi connectivity index (χ1v) is 3.46. The van der Waals surface area contributed by atoms with Crippen molar-refractivity contribution in [3.63, 3.8) is 0 Å². The lowest BCUT2D eigenvalue weighted by Crippen LogP contribution is -2.26. The highest BCUT2D eigenvalue weighted by Gasteiger charge is 2.26. The van der Waals surface area contributed by atoms with Crippen LogP contribution in [0.2, 0.25) is 0 Å².